The third kappa shape index (κ3) is 3.17. The number of hydrogen-bond donors (Lipinski definition) is 1. The molecule has 0 bridgehead atoms. The quantitative estimate of drug-likeness (QED) is 0.902. The Hall–Kier alpha value is -2.61. The van der Waals surface area contributed by atoms with Crippen LogP contribution >= 0.6 is 0 Å². The molecule has 1 amide bonds. The topological polar surface area (TPSA) is 88.6 Å². The van der Waals surface area contributed by atoms with Gasteiger partial charge in [0.05, 0.1) is 12.0 Å². The lowest BCUT2D eigenvalue weighted by Gasteiger charge is -2.20. The molecule has 1 aromatic heterocycles. The third-order valence-electron chi connectivity index (χ3n) is 4.12. The van der Waals surface area contributed by atoms with Gasteiger partial charge in [-0.05, 0) is 49.2 Å². The Labute approximate surface area is 146 Å². The van der Waals surface area contributed by atoms with Crippen LogP contribution in [-0.4, -0.2) is 32.5 Å². The van der Waals surface area contributed by atoms with Gasteiger partial charge in [0.15, 0.2) is 0 Å². The number of methoxy groups -OCH3 is 1. The van der Waals surface area contributed by atoms with Gasteiger partial charge in [-0.15, -0.1) is 0 Å². The van der Waals surface area contributed by atoms with E-state index < -0.39 is 10.0 Å². The maximum absolute atomic E-state index is 12.7. The summed E-state index contributed by atoms with van der Waals surface area (Å²) in [7, 11) is -2.37. The molecule has 0 radical (unpaired) electrons. The highest BCUT2D eigenvalue weighted by Crippen LogP contribution is 2.34. The van der Waals surface area contributed by atoms with Crippen LogP contribution in [0.4, 0.5) is 11.4 Å². The average molecular weight is 361 g/mol. The van der Waals surface area contributed by atoms with Crippen molar-refractivity contribution in [3.05, 3.63) is 42.1 Å². The summed E-state index contributed by atoms with van der Waals surface area (Å²) in [5, 5.41) is 0. The van der Waals surface area contributed by atoms with Gasteiger partial charge in [-0.25, -0.2) is 13.4 Å². The Morgan fingerprint density at radius 3 is 2.80 bits per heavy atom. The van der Waals surface area contributed by atoms with Crippen molar-refractivity contribution in [1.82, 2.24) is 4.98 Å². The molecule has 132 valence electrons. The van der Waals surface area contributed by atoms with Gasteiger partial charge in [0.25, 0.3) is 10.0 Å². The van der Waals surface area contributed by atoms with Gasteiger partial charge in [-0.2, -0.15) is 0 Å². The molecule has 2 aromatic rings. The second kappa shape index (κ2) is 6.36. The zero-order valence-corrected chi connectivity index (χ0v) is 15.0. The second-order valence-electron chi connectivity index (χ2n) is 5.90. The Morgan fingerprint density at radius 2 is 2.12 bits per heavy atom. The molecule has 0 aliphatic carbocycles. The van der Waals surface area contributed by atoms with Gasteiger partial charge in [-0.3, -0.25) is 9.52 Å². The van der Waals surface area contributed by atoms with Crippen molar-refractivity contribution >= 4 is 27.3 Å². The fraction of sp³-hybridized carbons (Fsp3) is 0.294. The number of anilines is 2. The first-order chi connectivity index (χ1) is 11.8. The molecule has 1 aromatic carbocycles. The molecule has 1 atom stereocenters. The first kappa shape index (κ1) is 17.2. The Morgan fingerprint density at radius 1 is 1.36 bits per heavy atom. The number of fused-ring (bicyclic) bond motifs is 1. The number of benzene rings is 1. The fourth-order valence-corrected chi connectivity index (χ4v) is 4.20. The smallest absolute Gasteiger partial charge is 0.262 e. The normalized spacial score (nSPS) is 16.4. The van der Waals surface area contributed by atoms with Crippen LogP contribution in [0.5, 0.6) is 5.88 Å². The summed E-state index contributed by atoms with van der Waals surface area (Å²) >= 11 is 0. The first-order valence-electron chi connectivity index (χ1n) is 7.78. The Bertz CT molecular complexity index is 927. The first-order valence-corrected chi connectivity index (χ1v) is 9.26. The van der Waals surface area contributed by atoms with E-state index in [1.807, 2.05) is 6.92 Å². The van der Waals surface area contributed by atoms with Crippen LogP contribution in [0.2, 0.25) is 0 Å². The molecule has 1 unspecified atom stereocenters. The SMILES string of the molecule is COc1ncccc1NS(=O)(=O)c1ccc2c(c1)CC(C)N2C(C)=O. The minimum Gasteiger partial charge on any atom is -0.480 e. The van der Waals surface area contributed by atoms with Crippen molar-refractivity contribution in [2.24, 2.45) is 0 Å². The van der Waals surface area contributed by atoms with E-state index in [9.17, 15) is 13.2 Å². The Balaban J connectivity index is 1.95. The van der Waals surface area contributed by atoms with Crippen LogP contribution < -0.4 is 14.4 Å². The van der Waals surface area contributed by atoms with Crippen LogP contribution in [-0.2, 0) is 21.2 Å². The summed E-state index contributed by atoms with van der Waals surface area (Å²) in [6.45, 7) is 3.45. The number of pyridine rings is 1. The standard InChI is InChI=1S/C17H19N3O4S/c1-11-9-13-10-14(6-7-16(13)20(11)12(2)21)25(22,23)19-15-5-4-8-18-17(15)24-3/h4-8,10-11,19H,9H2,1-3H3. The molecule has 3 rings (SSSR count). The van der Waals surface area contributed by atoms with Crippen molar-refractivity contribution in [1.29, 1.82) is 0 Å². The predicted molar refractivity (Wildman–Crippen MR) is 94.4 cm³/mol. The number of carbonyl (C=O) groups excluding carboxylic acids is 1. The average Bonchev–Trinajstić information content (AvgIpc) is 2.90. The monoisotopic (exact) mass is 361 g/mol. The molecule has 1 N–H and O–H groups in total. The van der Waals surface area contributed by atoms with E-state index in [0.717, 1.165) is 11.3 Å². The number of nitrogens with zero attached hydrogens (tertiary/aromatic N) is 2. The molecule has 0 fully saturated rings. The lowest BCUT2D eigenvalue weighted by Crippen LogP contribution is -2.33. The number of sulfonamides is 1. The molecule has 0 saturated heterocycles. The summed E-state index contributed by atoms with van der Waals surface area (Å²) in [4.78, 5) is 17.6. The van der Waals surface area contributed by atoms with Crippen molar-refractivity contribution in [2.75, 3.05) is 16.7 Å². The van der Waals surface area contributed by atoms with Gasteiger partial charge >= 0.3 is 0 Å². The summed E-state index contributed by atoms with van der Waals surface area (Å²) in [6, 6.07) is 8.00. The maximum Gasteiger partial charge on any atom is 0.262 e. The van der Waals surface area contributed by atoms with Crippen LogP contribution in [0.3, 0.4) is 0 Å². The maximum atomic E-state index is 12.7. The summed E-state index contributed by atoms with van der Waals surface area (Å²) in [6.07, 6.45) is 2.14. The highest BCUT2D eigenvalue weighted by atomic mass is 32.2. The van der Waals surface area contributed by atoms with Crippen molar-refractivity contribution < 1.29 is 17.9 Å². The van der Waals surface area contributed by atoms with E-state index in [2.05, 4.69) is 9.71 Å². The summed E-state index contributed by atoms with van der Waals surface area (Å²) in [5.41, 5.74) is 1.87. The van der Waals surface area contributed by atoms with E-state index in [0.29, 0.717) is 6.42 Å². The van der Waals surface area contributed by atoms with Crippen molar-refractivity contribution in [3.63, 3.8) is 0 Å². The van der Waals surface area contributed by atoms with Gasteiger partial charge in [0.1, 0.15) is 5.69 Å². The van der Waals surface area contributed by atoms with E-state index >= 15 is 0 Å². The third-order valence-corrected chi connectivity index (χ3v) is 5.49. The largest absolute Gasteiger partial charge is 0.480 e. The predicted octanol–water partition coefficient (Wildman–Crippen LogP) is 2.19. The second-order valence-corrected chi connectivity index (χ2v) is 7.58. The van der Waals surface area contributed by atoms with E-state index in [4.69, 9.17) is 4.74 Å². The number of nitrogens with one attached hydrogen (secondary N) is 1. The molecule has 1 aliphatic heterocycles. The van der Waals surface area contributed by atoms with Gasteiger partial charge in [0, 0.05) is 24.8 Å². The summed E-state index contributed by atoms with van der Waals surface area (Å²) in [5.74, 6) is 0.142. The van der Waals surface area contributed by atoms with Crippen LogP contribution in [0.1, 0.15) is 19.4 Å². The summed E-state index contributed by atoms with van der Waals surface area (Å²) < 4.78 is 33.0. The molecule has 8 heteroatoms. The van der Waals surface area contributed by atoms with E-state index in [1.165, 1.54) is 26.3 Å². The lowest BCUT2D eigenvalue weighted by atomic mass is 10.1. The number of amides is 1. The number of hydrogen-bond acceptors (Lipinski definition) is 5. The highest BCUT2D eigenvalue weighted by Gasteiger charge is 2.30. The number of ether oxygens (including phenoxy) is 1. The number of rotatable bonds is 4. The highest BCUT2D eigenvalue weighted by molar-refractivity contribution is 7.92. The number of aromatic nitrogens is 1. The molecular formula is C17H19N3O4S. The minimum absolute atomic E-state index is 0.0110. The number of carbonyl (C=O) groups is 1. The molecule has 25 heavy (non-hydrogen) atoms. The Kier molecular flexibility index (Phi) is 4.38. The molecule has 0 saturated carbocycles. The van der Waals surface area contributed by atoms with Gasteiger partial charge in [0.2, 0.25) is 11.8 Å². The van der Waals surface area contributed by atoms with Gasteiger partial charge in [-0.1, -0.05) is 0 Å². The lowest BCUT2D eigenvalue weighted by molar-refractivity contribution is -0.116. The van der Waals surface area contributed by atoms with Crippen LogP contribution in [0.25, 0.3) is 0 Å². The minimum atomic E-state index is -3.80. The molecule has 2 heterocycles. The molecule has 1 aliphatic rings. The van der Waals surface area contributed by atoms with Crippen LogP contribution in [0, 0.1) is 0 Å². The zero-order valence-electron chi connectivity index (χ0n) is 14.2. The van der Waals surface area contributed by atoms with Crippen LogP contribution in [0.15, 0.2) is 41.4 Å². The van der Waals surface area contributed by atoms with Crippen molar-refractivity contribution in [2.45, 2.75) is 31.2 Å². The van der Waals surface area contributed by atoms with E-state index in [1.54, 1.807) is 29.2 Å². The van der Waals surface area contributed by atoms with Gasteiger partial charge < -0.3 is 9.64 Å². The fourth-order valence-electron chi connectivity index (χ4n) is 3.09. The molecule has 0 spiro atoms. The zero-order chi connectivity index (χ0) is 18.2. The van der Waals surface area contributed by atoms with Crippen molar-refractivity contribution in [3.8, 4) is 5.88 Å². The molecular weight excluding hydrogens is 342 g/mol. The van der Waals surface area contributed by atoms with E-state index in [-0.39, 0.29) is 28.4 Å². The molecule has 7 nitrogen and oxygen atoms in total.